The Hall–Kier alpha value is -0.970. The Balaban J connectivity index is 0.00000196. The van der Waals surface area contributed by atoms with Gasteiger partial charge in [-0.25, -0.2) is 9.67 Å². The van der Waals surface area contributed by atoms with Crippen LogP contribution in [0.5, 0.6) is 0 Å². The zero-order valence-electron chi connectivity index (χ0n) is 8.98. The number of ketones is 1. The molecular weight excluding hydrogens is 221 g/mol. The molecule has 4 nitrogen and oxygen atoms in total. The normalized spacial score (nSPS) is 13.1. The van der Waals surface area contributed by atoms with Gasteiger partial charge in [0.15, 0.2) is 5.78 Å². The topological polar surface area (TPSA) is 47.8 Å². The molecule has 0 aliphatic carbocycles. The van der Waals surface area contributed by atoms with Crippen LogP contribution in [0.4, 0.5) is 4.39 Å². The Morgan fingerprint density at radius 2 is 2.20 bits per heavy atom. The molecule has 1 rings (SSSR count). The molecule has 0 aliphatic rings. The number of aromatic nitrogens is 3. The Kier molecular flexibility index (Phi) is 4.87. The molecule has 15 heavy (non-hydrogen) atoms. The summed E-state index contributed by atoms with van der Waals surface area (Å²) < 4.78 is 14.0. The van der Waals surface area contributed by atoms with E-state index in [0.717, 1.165) is 0 Å². The lowest BCUT2D eigenvalue weighted by atomic mass is 9.86. The largest absolute Gasteiger partial charge is 0.297 e. The van der Waals surface area contributed by atoms with Crippen molar-refractivity contribution in [2.24, 2.45) is 5.41 Å². The minimum atomic E-state index is -0.953. The minimum Gasteiger partial charge on any atom is -0.297 e. The van der Waals surface area contributed by atoms with Gasteiger partial charge >= 0.3 is 0 Å². The fourth-order valence-electron chi connectivity index (χ4n) is 1.17. The van der Waals surface area contributed by atoms with E-state index in [4.69, 9.17) is 0 Å². The second-order valence-corrected chi connectivity index (χ2v) is 3.93. The van der Waals surface area contributed by atoms with Crippen LogP contribution in [0.3, 0.4) is 0 Å². The third kappa shape index (κ3) is 2.99. The third-order valence-corrected chi connectivity index (χ3v) is 2.21. The molecule has 1 heterocycles. The summed E-state index contributed by atoms with van der Waals surface area (Å²) in [6, 6.07) is -0.469. The van der Waals surface area contributed by atoms with E-state index in [0.29, 0.717) is 0 Å². The molecule has 1 aromatic heterocycles. The molecule has 0 aromatic carbocycles. The van der Waals surface area contributed by atoms with Gasteiger partial charge in [-0.15, -0.1) is 12.4 Å². The van der Waals surface area contributed by atoms with E-state index in [-0.39, 0.29) is 18.2 Å². The number of carbonyl (C=O) groups is 1. The number of hydrogen-bond acceptors (Lipinski definition) is 3. The summed E-state index contributed by atoms with van der Waals surface area (Å²) >= 11 is 0. The van der Waals surface area contributed by atoms with Crippen molar-refractivity contribution >= 4 is 18.2 Å². The number of carbonyl (C=O) groups excluding carboxylic acids is 1. The van der Waals surface area contributed by atoms with Gasteiger partial charge in [-0.1, -0.05) is 13.8 Å². The maximum absolute atomic E-state index is 12.6. The fraction of sp³-hybridized carbons (Fsp3) is 0.667. The number of halogens is 2. The van der Waals surface area contributed by atoms with Crippen LogP contribution >= 0.6 is 12.4 Å². The van der Waals surface area contributed by atoms with Crippen LogP contribution in [0.2, 0.25) is 0 Å². The van der Waals surface area contributed by atoms with E-state index in [1.54, 1.807) is 20.8 Å². The van der Waals surface area contributed by atoms with Gasteiger partial charge < -0.3 is 0 Å². The summed E-state index contributed by atoms with van der Waals surface area (Å²) in [6.07, 6.45) is 2.81. The van der Waals surface area contributed by atoms with Crippen LogP contribution in [0, 0.1) is 5.41 Å². The monoisotopic (exact) mass is 235 g/mol. The smallest absolute Gasteiger partial charge is 0.165 e. The molecule has 0 aliphatic heterocycles. The van der Waals surface area contributed by atoms with Gasteiger partial charge in [0, 0.05) is 0 Å². The molecule has 0 amide bonds. The molecule has 1 atom stereocenters. The van der Waals surface area contributed by atoms with Gasteiger partial charge in [-0.05, 0) is 6.92 Å². The minimum absolute atomic E-state index is 0. The highest BCUT2D eigenvalue weighted by molar-refractivity contribution is 5.87. The van der Waals surface area contributed by atoms with E-state index in [9.17, 15) is 9.18 Å². The Morgan fingerprint density at radius 3 is 2.60 bits per heavy atom. The fourth-order valence-corrected chi connectivity index (χ4v) is 1.17. The first kappa shape index (κ1) is 14.0. The second kappa shape index (κ2) is 5.21. The lowest BCUT2D eigenvalue weighted by Crippen LogP contribution is -2.33. The highest BCUT2D eigenvalue weighted by Crippen LogP contribution is 2.23. The molecule has 0 radical (unpaired) electrons. The summed E-state index contributed by atoms with van der Waals surface area (Å²) in [6.45, 7) is 4.20. The van der Waals surface area contributed by atoms with E-state index in [1.165, 1.54) is 17.3 Å². The molecule has 0 bridgehead atoms. The van der Waals surface area contributed by atoms with Crippen molar-refractivity contribution < 1.29 is 9.18 Å². The first-order valence-electron chi connectivity index (χ1n) is 4.43. The number of alkyl halides is 1. The van der Waals surface area contributed by atoms with E-state index < -0.39 is 18.1 Å². The van der Waals surface area contributed by atoms with Crippen molar-refractivity contribution in [3.05, 3.63) is 12.7 Å². The molecule has 0 spiro atoms. The van der Waals surface area contributed by atoms with Gasteiger partial charge in [0.25, 0.3) is 0 Å². The number of rotatable bonds is 4. The van der Waals surface area contributed by atoms with Crippen LogP contribution < -0.4 is 0 Å². The third-order valence-electron chi connectivity index (χ3n) is 2.21. The number of nitrogens with zero attached hydrogens (tertiary/aromatic N) is 3. The molecule has 0 saturated carbocycles. The molecule has 0 N–H and O–H groups in total. The summed E-state index contributed by atoms with van der Waals surface area (Å²) in [4.78, 5) is 15.5. The lowest BCUT2D eigenvalue weighted by molar-refractivity contribution is -0.131. The Labute approximate surface area is 94.3 Å². The van der Waals surface area contributed by atoms with Crippen LogP contribution in [-0.4, -0.2) is 27.2 Å². The van der Waals surface area contributed by atoms with Gasteiger partial charge in [0.05, 0.1) is 5.41 Å². The quantitative estimate of drug-likeness (QED) is 0.800. The first-order valence-corrected chi connectivity index (χ1v) is 4.43. The molecular formula is C9H15ClFN3O. The van der Waals surface area contributed by atoms with Crippen LogP contribution in [0.1, 0.15) is 26.8 Å². The van der Waals surface area contributed by atoms with E-state index in [2.05, 4.69) is 10.1 Å². The average molecular weight is 236 g/mol. The summed E-state index contributed by atoms with van der Waals surface area (Å²) in [5.41, 5.74) is -0.953. The first-order chi connectivity index (χ1) is 6.49. The van der Waals surface area contributed by atoms with E-state index in [1.807, 2.05) is 0 Å². The molecule has 6 heteroatoms. The maximum Gasteiger partial charge on any atom is 0.165 e. The predicted molar refractivity (Wildman–Crippen MR) is 56.7 cm³/mol. The molecule has 86 valence electrons. The highest BCUT2D eigenvalue weighted by atomic mass is 35.5. The number of Topliss-reactive ketones (excluding diaryl/α,β-unsaturated/α-hetero) is 1. The van der Waals surface area contributed by atoms with Crippen molar-refractivity contribution in [3.8, 4) is 0 Å². The summed E-state index contributed by atoms with van der Waals surface area (Å²) in [7, 11) is 0. The van der Waals surface area contributed by atoms with Crippen molar-refractivity contribution in [1.82, 2.24) is 14.8 Å². The summed E-state index contributed by atoms with van der Waals surface area (Å²) in [5, 5.41) is 3.85. The van der Waals surface area contributed by atoms with Gasteiger partial charge in [-0.2, -0.15) is 5.10 Å². The van der Waals surface area contributed by atoms with Crippen molar-refractivity contribution in [3.63, 3.8) is 0 Å². The average Bonchev–Trinajstić information content (AvgIpc) is 2.68. The maximum atomic E-state index is 12.6. The van der Waals surface area contributed by atoms with Gasteiger partial charge in [-0.3, -0.25) is 9.18 Å². The zero-order valence-corrected chi connectivity index (χ0v) is 9.79. The van der Waals surface area contributed by atoms with E-state index >= 15 is 0 Å². The molecule has 1 unspecified atom stereocenters. The highest BCUT2D eigenvalue weighted by Gasteiger charge is 2.32. The van der Waals surface area contributed by atoms with Crippen molar-refractivity contribution in [2.45, 2.75) is 26.8 Å². The molecule has 0 fully saturated rings. The SMILES string of the molecule is CC(C(=O)C(C)(C)CF)n1cncn1.Cl. The number of hydrogen-bond donors (Lipinski definition) is 0. The van der Waals surface area contributed by atoms with Crippen molar-refractivity contribution in [1.29, 1.82) is 0 Å². The Bertz CT molecular complexity index is 313. The summed E-state index contributed by atoms with van der Waals surface area (Å²) in [5.74, 6) is -0.175. The second-order valence-electron chi connectivity index (χ2n) is 3.93. The Morgan fingerprint density at radius 1 is 1.60 bits per heavy atom. The van der Waals surface area contributed by atoms with Gasteiger partial charge in [0.1, 0.15) is 25.4 Å². The van der Waals surface area contributed by atoms with Gasteiger partial charge in [0.2, 0.25) is 0 Å². The standard InChI is InChI=1S/C9H14FN3O.ClH/c1-7(13-6-11-5-12-13)8(14)9(2,3)4-10;/h5-7H,4H2,1-3H3;1H. The lowest BCUT2D eigenvalue weighted by Gasteiger charge is -2.22. The van der Waals surface area contributed by atoms with Crippen molar-refractivity contribution in [2.75, 3.05) is 6.67 Å². The molecule has 1 aromatic rings. The van der Waals surface area contributed by atoms with Crippen LogP contribution in [0.15, 0.2) is 12.7 Å². The molecule has 0 saturated heterocycles. The zero-order chi connectivity index (χ0) is 10.8. The van der Waals surface area contributed by atoms with Crippen LogP contribution in [-0.2, 0) is 4.79 Å². The predicted octanol–water partition coefficient (Wildman–Crippen LogP) is 1.83. The van der Waals surface area contributed by atoms with Crippen LogP contribution in [0.25, 0.3) is 0 Å².